The molecular formula is C17H26N2O3S. The van der Waals surface area contributed by atoms with Gasteiger partial charge in [-0.2, -0.15) is 0 Å². The molecule has 0 saturated carbocycles. The van der Waals surface area contributed by atoms with Crippen LogP contribution in [0.2, 0.25) is 0 Å². The minimum absolute atomic E-state index is 0.0225. The number of hydrogen-bond acceptors (Lipinski definition) is 3. The number of benzene rings is 1. The Morgan fingerprint density at radius 1 is 1.30 bits per heavy atom. The van der Waals surface area contributed by atoms with Gasteiger partial charge in [0, 0.05) is 19.0 Å². The molecule has 1 saturated heterocycles. The Hall–Kier alpha value is -1.40. The minimum atomic E-state index is -3.14. The van der Waals surface area contributed by atoms with E-state index < -0.39 is 10.0 Å². The molecule has 1 aliphatic heterocycles. The van der Waals surface area contributed by atoms with Crippen molar-refractivity contribution in [2.24, 2.45) is 5.92 Å². The maximum Gasteiger partial charge on any atom is 0.223 e. The van der Waals surface area contributed by atoms with Gasteiger partial charge in [-0.1, -0.05) is 24.3 Å². The van der Waals surface area contributed by atoms with Crippen molar-refractivity contribution in [1.82, 2.24) is 9.62 Å². The number of piperidine rings is 1. The smallest absolute Gasteiger partial charge is 0.223 e. The lowest BCUT2D eigenvalue weighted by Gasteiger charge is -2.31. The summed E-state index contributed by atoms with van der Waals surface area (Å²) in [5.41, 5.74) is 2.27. The zero-order chi connectivity index (χ0) is 17.0. The van der Waals surface area contributed by atoms with E-state index in [1.807, 2.05) is 38.1 Å². The maximum atomic E-state index is 12.4. The predicted octanol–water partition coefficient (Wildman–Crippen LogP) is 2.23. The molecule has 128 valence electrons. The molecule has 5 nitrogen and oxygen atoms in total. The van der Waals surface area contributed by atoms with Crippen LogP contribution >= 0.6 is 0 Å². The van der Waals surface area contributed by atoms with Crippen LogP contribution in [0.1, 0.15) is 43.9 Å². The molecular weight excluding hydrogens is 312 g/mol. The summed E-state index contributed by atoms with van der Waals surface area (Å²) in [5.74, 6) is 0.0350. The summed E-state index contributed by atoms with van der Waals surface area (Å²) in [6, 6.07) is 7.97. The molecule has 1 heterocycles. The molecule has 0 aliphatic carbocycles. The molecule has 0 unspecified atom stereocenters. The van der Waals surface area contributed by atoms with Crippen LogP contribution in [0, 0.1) is 12.8 Å². The van der Waals surface area contributed by atoms with Gasteiger partial charge >= 0.3 is 0 Å². The molecule has 6 heteroatoms. The lowest BCUT2D eigenvalue weighted by atomic mass is 9.96. The average Bonchev–Trinajstić information content (AvgIpc) is 2.55. The van der Waals surface area contributed by atoms with Crippen molar-refractivity contribution in [3.8, 4) is 0 Å². The van der Waals surface area contributed by atoms with Gasteiger partial charge in [0.1, 0.15) is 0 Å². The third-order valence-corrected chi connectivity index (χ3v) is 6.48. The van der Waals surface area contributed by atoms with Gasteiger partial charge in [0.15, 0.2) is 0 Å². The fraction of sp³-hybridized carbons (Fsp3) is 0.588. The molecule has 1 aromatic carbocycles. The lowest BCUT2D eigenvalue weighted by Crippen LogP contribution is -2.43. The molecule has 1 N–H and O–H groups in total. The van der Waals surface area contributed by atoms with E-state index in [0.29, 0.717) is 25.9 Å². The van der Waals surface area contributed by atoms with Crippen molar-refractivity contribution in [3.63, 3.8) is 0 Å². The Labute approximate surface area is 139 Å². The second-order valence-corrected chi connectivity index (χ2v) is 8.42. The summed E-state index contributed by atoms with van der Waals surface area (Å²) in [4.78, 5) is 12.4. The van der Waals surface area contributed by atoms with Crippen molar-refractivity contribution >= 4 is 15.9 Å². The molecule has 1 amide bonds. The number of rotatable bonds is 5. The Kier molecular flexibility index (Phi) is 5.81. The number of aryl methyl sites for hydroxylation is 1. The highest BCUT2D eigenvalue weighted by molar-refractivity contribution is 7.89. The van der Waals surface area contributed by atoms with Crippen LogP contribution in [0.5, 0.6) is 0 Å². The van der Waals surface area contributed by atoms with E-state index in [2.05, 4.69) is 5.32 Å². The first kappa shape index (κ1) is 17.9. The molecule has 1 aliphatic rings. The van der Waals surface area contributed by atoms with Crippen molar-refractivity contribution in [2.45, 2.75) is 39.7 Å². The van der Waals surface area contributed by atoms with Gasteiger partial charge in [-0.3, -0.25) is 4.79 Å². The molecule has 0 spiro atoms. The average molecular weight is 338 g/mol. The summed E-state index contributed by atoms with van der Waals surface area (Å²) in [6.45, 7) is 6.54. The van der Waals surface area contributed by atoms with E-state index >= 15 is 0 Å². The third-order valence-electron chi connectivity index (χ3n) is 4.60. The number of amides is 1. The number of carbonyl (C=O) groups excluding carboxylic acids is 1. The van der Waals surface area contributed by atoms with Crippen LogP contribution in [0.25, 0.3) is 0 Å². The van der Waals surface area contributed by atoms with Crippen LogP contribution in [0.15, 0.2) is 24.3 Å². The fourth-order valence-corrected chi connectivity index (χ4v) is 4.19. The van der Waals surface area contributed by atoms with Gasteiger partial charge in [0.25, 0.3) is 0 Å². The first-order valence-corrected chi connectivity index (χ1v) is 9.79. The Morgan fingerprint density at radius 3 is 2.48 bits per heavy atom. The minimum Gasteiger partial charge on any atom is -0.349 e. The molecule has 1 aromatic rings. The monoisotopic (exact) mass is 338 g/mol. The summed E-state index contributed by atoms with van der Waals surface area (Å²) in [5, 5.41) is 3.07. The first-order chi connectivity index (χ1) is 10.8. The van der Waals surface area contributed by atoms with Crippen LogP contribution in [0.3, 0.4) is 0 Å². The number of nitrogens with zero attached hydrogens (tertiary/aromatic N) is 1. The summed E-state index contributed by atoms with van der Waals surface area (Å²) >= 11 is 0. The van der Waals surface area contributed by atoms with Crippen molar-refractivity contribution in [3.05, 3.63) is 35.4 Å². The number of carbonyl (C=O) groups is 1. The Morgan fingerprint density at radius 2 is 1.91 bits per heavy atom. The van der Waals surface area contributed by atoms with Crippen LogP contribution in [-0.4, -0.2) is 37.5 Å². The Bertz CT molecular complexity index is 650. The molecule has 1 atom stereocenters. The molecule has 0 bridgehead atoms. The maximum absolute atomic E-state index is 12.4. The highest BCUT2D eigenvalue weighted by Crippen LogP contribution is 2.22. The van der Waals surface area contributed by atoms with Crippen molar-refractivity contribution < 1.29 is 13.2 Å². The van der Waals surface area contributed by atoms with E-state index in [4.69, 9.17) is 0 Å². The van der Waals surface area contributed by atoms with Crippen molar-refractivity contribution in [2.75, 3.05) is 18.8 Å². The quantitative estimate of drug-likeness (QED) is 0.895. The van der Waals surface area contributed by atoms with Crippen LogP contribution < -0.4 is 5.32 Å². The molecule has 0 radical (unpaired) electrons. The number of hydrogen-bond donors (Lipinski definition) is 1. The van der Waals surface area contributed by atoms with Gasteiger partial charge in [-0.25, -0.2) is 12.7 Å². The third kappa shape index (κ3) is 4.32. The predicted molar refractivity (Wildman–Crippen MR) is 91.5 cm³/mol. The fourth-order valence-electron chi connectivity index (χ4n) is 3.06. The zero-order valence-electron chi connectivity index (χ0n) is 14.1. The molecule has 0 aromatic heterocycles. The topological polar surface area (TPSA) is 66.5 Å². The van der Waals surface area contributed by atoms with Crippen molar-refractivity contribution in [1.29, 1.82) is 0 Å². The lowest BCUT2D eigenvalue weighted by molar-refractivity contribution is -0.126. The van der Waals surface area contributed by atoms with Gasteiger partial charge in [0.05, 0.1) is 11.8 Å². The second-order valence-electron chi connectivity index (χ2n) is 6.16. The zero-order valence-corrected chi connectivity index (χ0v) is 14.9. The van der Waals surface area contributed by atoms with E-state index in [0.717, 1.165) is 11.1 Å². The standard InChI is InChI=1S/C17H26N2O3S/c1-4-23(21,22)19-11-9-15(10-12-19)17(20)18-14(3)16-8-6-5-7-13(16)2/h5-8,14-15H,4,9-12H2,1-3H3,(H,18,20)/t14-/m0/s1. The van der Waals surface area contributed by atoms with E-state index in [1.165, 1.54) is 4.31 Å². The largest absolute Gasteiger partial charge is 0.349 e. The molecule has 23 heavy (non-hydrogen) atoms. The van der Waals surface area contributed by atoms with Crippen LogP contribution in [-0.2, 0) is 14.8 Å². The first-order valence-electron chi connectivity index (χ1n) is 8.19. The summed E-state index contributed by atoms with van der Waals surface area (Å²) < 4.78 is 25.2. The van der Waals surface area contributed by atoms with Crippen LogP contribution in [0.4, 0.5) is 0 Å². The summed E-state index contributed by atoms with van der Waals surface area (Å²) in [7, 11) is -3.14. The SMILES string of the molecule is CCS(=O)(=O)N1CCC(C(=O)N[C@@H](C)c2ccccc2C)CC1. The van der Waals surface area contributed by atoms with E-state index in [-0.39, 0.29) is 23.6 Å². The second kappa shape index (κ2) is 7.45. The van der Waals surface area contributed by atoms with E-state index in [9.17, 15) is 13.2 Å². The normalized spacial score (nSPS) is 18.6. The number of nitrogens with one attached hydrogen (secondary N) is 1. The Balaban J connectivity index is 1.92. The van der Waals surface area contributed by atoms with Gasteiger partial charge in [0.2, 0.25) is 15.9 Å². The van der Waals surface area contributed by atoms with Gasteiger partial charge < -0.3 is 5.32 Å². The summed E-state index contributed by atoms with van der Waals surface area (Å²) in [6.07, 6.45) is 1.18. The molecule has 1 fully saturated rings. The highest BCUT2D eigenvalue weighted by atomic mass is 32.2. The highest BCUT2D eigenvalue weighted by Gasteiger charge is 2.30. The van der Waals surface area contributed by atoms with Gasteiger partial charge in [-0.15, -0.1) is 0 Å². The van der Waals surface area contributed by atoms with Gasteiger partial charge in [-0.05, 0) is 44.7 Å². The molecule has 2 rings (SSSR count). The van der Waals surface area contributed by atoms with E-state index in [1.54, 1.807) is 6.92 Å². The number of sulfonamides is 1.